The van der Waals surface area contributed by atoms with E-state index in [1.165, 1.54) is 17.4 Å². The van der Waals surface area contributed by atoms with Crippen LogP contribution < -0.4 is 9.44 Å². The van der Waals surface area contributed by atoms with Crippen LogP contribution in [0.3, 0.4) is 0 Å². The zero-order valence-electron chi connectivity index (χ0n) is 10.00. The molecule has 19 heavy (non-hydrogen) atoms. The van der Waals surface area contributed by atoms with E-state index in [0.717, 1.165) is 29.4 Å². The first-order valence-electron chi connectivity index (χ1n) is 5.70. The van der Waals surface area contributed by atoms with Gasteiger partial charge in [-0.1, -0.05) is 0 Å². The fourth-order valence-electron chi connectivity index (χ4n) is 1.37. The molecule has 1 fully saturated rings. The van der Waals surface area contributed by atoms with Crippen molar-refractivity contribution in [1.82, 2.24) is 9.44 Å². The van der Waals surface area contributed by atoms with Gasteiger partial charge in [-0.15, -0.1) is 11.3 Å². The summed E-state index contributed by atoms with van der Waals surface area (Å²) in [5, 5.41) is 10.3. The molecule has 104 valence electrons. The van der Waals surface area contributed by atoms with Gasteiger partial charge < -0.3 is 5.11 Å². The Hall–Kier alpha value is -1.22. The molecule has 8 heteroatoms. The van der Waals surface area contributed by atoms with E-state index in [9.17, 15) is 13.2 Å². The average Bonchev–Trinajstić information content (AvgIpc) is 3.00. The van der Waals surface area contributed by atoms with E-state index in [2.05, 4.69) is 9.44 Å². The lowest BCUT2D eigenvalue weighted by Gasteiger charge is -2.05. The van der Waals surface area contributed by atoms with E-state index < -0.39 is 16.2 Å². The summed E-state index contributed by atoms with van der Waals surface area (Å²) in [6, 6.07) is 1.83. The maximum absolute atomic E-state index is 11.6. The van der Waals surface area contributed by atoms with Crippen LogP contribution in [0.25, 0.3) is 6.08 Å². The van der Waals surface area contributed by atoms with Gasteiger partial charge >= 0.3 is 5.97 Å². The van der Waals surface area contributed by atoms with Crippen LogP contribution in [0.5, 0.6) is 0 Å². The van der Waals surface area contributed by atoms with Crippen molar-refractivity contribution in [3.05, 3.63) is 28.0 Å². The summed E-state index contributed by atoms with van der Waals surface area (Å²) in [4.78, 5) is 11.2. The van der Waals surface area contributed by atoms with E-state index in [1.807, 2.05) is 0 Å². The van der Waals surface area contributed by atoms with E-state index in [1.54, 1.807) is 11.4 Å². The van der Waals surface area contributed by atoms with Crippen LogP contribution in [-0.4, -0.2) is 25.5 Å². The molecular weight excluding hydrogens is 288 g/mol. The van der Waals surface area contributed by atoms with Crippen LogP contribution in [-0.2, 0) is 21.5 Å². The number of nitrogens with one attached hydrogen (secondary N) is 2. The monoisotopic (exact) mass is 302 g/mol. The lowest BCUT2D eigenvalue weighted by molar-refractivity contribution is -0.131. The van der Waals surface area contributed by atoms with Gasteiger partial charge in [0.1, 0.15) is 0 Å². The topological polar surface area (TPSA) is 95.5 Å². The summed E-state index contributed by atoms with van der Waals surface area (Å²) in [6.45, 7) is 0.202. The van der Waals surface area contributed by atoms with Crippen molar-refractivity contribution in [2.45, 2.75) is 25.4 Å². The van der Waals surface area contributed by atoms with Crippen LogP contribution in [0.15, 0.2) is 17.5 Å². The Morgan fingerprint density at radius 3 is 2.89 bits per heavy atom. The van der Waals surface area contributed by atoms with Gasteiger partial charge in [0.2, 0.25) is 0 Å². The maximum atomic E-state index is 11.6. The molecule has 6 nitrogen and oxygen atoms in total. The lowest BCUT2D eigenvalue weighted by Crippen LogP contribution is -2.37. The molecule has 0 unspecified atom stereocenters. The first-order valence-corrected chi connectivity index (χ1v) is 8.06. The highest BCUT2D eigenvalue weighted by Gasteiger charge is 2.26. The van der Waals surface area contributed by atoms with E-state index in [-0.39, 0.29) is 12.6 Å². The van der Waals surface area contributed by atoms with E-state index in [0.29, 0.717) is 0 Å². The van der Waals surface area contributed by atoms with Crippen molar-refractivity contribution in [2.75, 3.05) is 0 Å². The molecular formula is C11H14N2O4S2. The highest BCUT2D eigenvalue weighted by atomic mass is 32.2. The lowest BCUT2D eigenvalue weighted by atomic mass is 10.3. The van der Waals surface area contributed by atoms with Crippen LogP contribution in [0.4, 0.5) is 0 Å². The van der Waals surface area contributed by atoms with Crippen molar-refractivity contribution < 1.29 is 18.3 Å². The fourth-order valence-corrected chi connectivity index (χ4v) is 3.36. The molecule has 0 atom stereocenters. The molecule has 1 heterocycles. The third kappa shape index (κ3) is 5.11. The molecule has 3 N–H and O–H groups in total. The van der Waals surface area contributed by atoms with Crippen LogP contribution in [0.2, 0.25) is 0 Å². The number of aliphatic carboxylic acids is 1. The number of thiophene rings is 1. The normalized spacial score (nSPS) is 16.0. The quantitative estimate of drug-likeness (QED) is 0.653. The van der Waals surface area contributed by atoms with Gasteiger partial charge in [-0.2, -0.15) is 17.9 Å². The second-order valence-electron chi connectivity index (χ2n) is 4.23. The summed E-state index contributed by atoms with van der Waals surface area (Å²) < 4.78 is 28.1. The number of hydrogen-bond donors (Lipinski definition) is 3. The second-order valence-corrected chi connectivity index (χ2v) is 6.76. The summed E-state index contributed by atoms with van der Waals surface area (Å²) >= 11 is 1.38. The molecule has 1 aromatic heterocycles. The van der Waals surface area contributed by atoms with Gasteiger partial charge in [0, 0.05) is 23.5 Å². The number of carboxylic acid groups (broad SMARTS) is 1. The number of hydrogen-bond acceptors (Lipinski definition) is 4. The molecule has 2 rings (SSSR count). The molecule has 0 radical (unpaired) electrons. The van der Waals surface area contributed by atoms with Crippen molar-refractivity contribution >= 4 is 33.6 Å². The van der Waals surface area contributed by atoms with Crippen LogP contribution in [0.1, 0.15) is 23.3 Å². The maximum Gasteiger partial charge on any atom is 0.328 e. The molecule has 0 bridgehead atoms. The molecule has 1 aliphatic carbocycles. The first-order chi connectivity index (χ1) is 8.94. The van der Waals surface area contributed by atoms with Crippen LogP contribution in [0, 0.1) is 0 Å². The van der Waals surface area contributed by atoms with Gasteiger partial charge in [-0.3, -0.25) is 0 Å². The Balaban J connectivity index is 1.87. The predicted molar refractivity (Wildman–Crippen MR) is 72.9 cm³/mol. The standard InChI is InChI=1S/C11H14N2O4S2/c14-11(15)4-1-8-5-10(18-7-8)6-12-19(16,17)13-9-2-3-9/h1,4-5,7,9,12-13H,2-3,6H2,(H,14,15)/b4-1+. The highest BCUT2D eigenvalue weighted by Crippen LogP contribution is 2.20. The molecule has 1 aliphatic rings. The minimum Gasteiger partial charge on any atom is -0.478 e. The molecule has 0 amide bonds. The zero-order chi connectivity index (χ0) is 13.9. The Morgan fingerprint density at radius 1 is 1.53 bits per heavy atom. The SMILES string of the molecule is O=C(O)/C=C/c1csc(CNS(=O)(=O)NC2CC2)c1. The molecule has 1 aromatic rings. The third-order valence-corrected chi connectivity index (χ3v) is 4.55. The molecule has 0 saturated heterocycles. The fraction of sp³-hybridized carbons (Fsp3) is 0.364. The minimum absolute atomic E-state index is 0.0786. The van der Waals surface area contributed by atoms with Crippen LogP contribution >= 0.6 is 11.3 Å². The smallest absolute Gasteiger partial charge is 0.328 e. The van der Waals surface area contributed by atoms with E-state index in [4.69, 9.17) is 5.11 Å². The summed E-state index contributed by atoms with van der Waals surface area (Å²) in [5.41, 5.74) is 0.747. The molecule has 0 spiro atoms. The number of rotatable bonds is 7. The Bertz CT molecular complexity index is 588. The zero-order valence-corrected chi connectivity index (χ0v) is 11.6. The summed E-state index contributed by atoms with van der Waals surface area (Å²) in [7, 11) is -3.44. The van der Waals surface area contributed by atoms with E-state index >= 15 is 0 Å². The van der Waals surface area contributed by atoms with Gasteiger partial charge in [-0.25, -0.2) is 4.79 Å². The Kier molecular flexibility index (Phi) is 4.35. The first kappa shape index (κ1) is 14.2. The van der Waals surface area contributed by atoms with Crippen molar-refractivity contribution in [2.24, 2.45) is 0 Å². The number of carboxylic acids is 1. The minimum atomic E-state index is -3.44. The highest BCUT2D eigenvalue weighted by molar-refractivity contribution is 7.87. The second kappa shape index (κ2) is 5.83. The van der Waals surface area contributed by atoms with Gasteiger partial charge in [0.25, 0.3) is 10.2 Å². The predicted octanol–water partition coefficient (Wildman–Crippen LogP) is 0.932. The van der Waals surface area contributed by atoms with Crippen molar-refractivity contribution in [3.8, 4) is 0 Å². The van der Waals surface area contributed by atoms with Gasteiger partial charge in [0.15, 0.2) is 0 Å². The summed E-state index contributed by atoms with van der Waals surface area (Å²) in [6.07, 6.45) is 4.30. The van der Waals surface area contributed by atoms with Gasteiger partial charge in [-0.05, 0) is 35.9 Å². The Labute approximate surface area is 115 Å². The van der Waals surface area contributed by atoms with Crippen molar-refractivity contribution in [1.29, 1.82) is 0 Å². The summed E-state index contributed by atoms with van der Waals surface area (Å²) in [5.74, 6) is -1.01. The average molecular weight is 302 g/mol. The molecule has 1 saturated carbocycles. The largest absolute Gasteiger partial charge is 0.478 e. The third-order valence-electron chi connectivity index (χ3n) is 2.43. The van der Waals surface area contributed by atoms with Crippen molar-refractivity contribution in [3.63, 3.8) is 0 Å². The van der Waals surface area contributed by atoms with Gasteiger partial charge in [0.05, 0.1) is 0 Å². The molecule has 0 aliphatic heterocycles. The Morgan fingerprint density at radius 2 is 2.26 bits per heavy atom. The number of carbonyl (C=O) groups is 1. The molecule has 0 aromatic carbocycles.